The minimum Gasteiger partial charge on any atom is -0.318 e. The third-order valence-electron chi connectivity index (χ3n) is 9.36. The molecule has 222 valence electrons. The Hall–Kier alpha value is -6.88. The molecule has 2 aromatic heterocycles. The standard InChI is InChI=1S/C44H26N4/c1-45-30-25-26-37-36-19-5-8-22-40(36)47(43(37)28-30)31-14-11-13-29(27-31)32-15-3-4-16-33(32)38-20-12-21-39(46-2)44(38)48-41-23-9-6-17-34(41)35-18-7-10-24-42(35)48/h3-28H. The second kappa shape index (κ2) is 10.9. The highest BCUT2D eigenvalue weighted by molar-refractivity contribution is 6.11. The molecule has 0 atom stereocenters. The molecule has 0 radical (unpaired) electrons. The second-order valence-electron chi connectivity index (χ2n) is 11.9. The van der Waals surface area contributed by atoms with Gasteiger partial charge >= 0.3 is 0 Å². The van der Waals surface area contributed by atoms with Gasteiger partial charge in [-0.05, 0) is 58.7 Å². The van der Waals surface area contributed by atoms with Crippen LogP contribution in [0, 0.1) is 13.1 Å². The van der Waals surface area contributed by atoms with E-state index in [1.165, 1.54) is 0 Å². The van der Waals surface area contributed by atoms with Gasteiger partial charge in [0.05, 0.1) is 35.4 Å². The molecule has 2 heterocycles. The third kappa shape index (κ3) is 4.07. The predicted octanol–water partition coefficient (Wildman–Crippen LogP) is 12.3. The highest BCUT2D eigenvalue weighted by Crippen LogP contribution is 2.44. The Bertz CT molecular complexity index is 2760. The molecular formula is C44H26N4. The molecule has 7 aromatic carbocycles. The zero-order valence-electron chi connectivity index (χ0n) is 25.8. The van der Waals surface area contributed by atoms with Gasteiger partial charge in [0.2, 0.25) is 5.69 Å². The third-order valence-corrected chi connectivity index (χ3v) is 9.36. The van der Waals surface area contributed by atoms with E-state index >= 15 is 0 Å². The van der Waals surface area contributed by atoms with Crippen molar-refractivity contribution in [3.63, 3.8) is 0 Å². The molecule has 4 nitrogen and oxygen atoms in total. The van der Waals surface area contributed by atoms with Crippen molar-refractivity contribution >= 4 is 55.0 Å². The quantitative estimate of drug-likeness (QED) is 0.177. The molecule has 0 N–H and O–H groups in total. The molecule has 0 spiro atoms. The Balaban J connectivity index is 1.29. The van der Waals surface area contributed by atoms with Crippen LogP contribution in [0.4, 0.5) is 11.4 Å². The van der Waals surface area contributed by atoms with Crippen LogP contribution in [0.1, 0.15) is 0 Å². The van der Waals surface area contributed by atoms with Gasteiger partial charge in [-0.15, -0.1) is 0 Å². The zero-order chi connectivity index (χ0) is 32.2. The van der Waals surface area contributed by atoms with Crippen LogP contribution < -0.4 is 0 Å². The van der Waals surface area contributed by atoms with Crippen LogP contribution in [0.2, 0.25) is 0 Å². The summed E-state index contributed by atoms with van der Waals surface area (Å²) in [5.74, 6) is 0. The lowest BCUT2D eigenvalue weighted by Crippen LogP contribution is -1.99. The van der Waals surface area contributed by atoms with Crippen molar-refractivity contribution in [1.82, 2.24) is 9.13 Å². The van der Waals surface area contributed by atoms with Crippen molar-refractivity contribution in [2.75, 3.05) is 0 Å². The summed E-state index contributed by atoms with van der Waals surface area (Å²) < 4.78 is 4.52. The fourth-order valence-electron chi connectivity index (χ4n) is 7.33. The number of aromatic nitrogens is 2. The smallest absolute Gasteiger partial charge is 0.211 e. The van der Waals surface area contributed by atoms with E-state index in [1.54, 1.807) is 0 Å². The number of hydrogen-bond acceptors (Lipinski definition) is 0. The number of rotatable bonds is 4. The fourth-order valence-corrected chi connectivity index (χ4v) is 7.33. The maximum atomic E-state index is 8.24. The van der Waals surface area contributed by atoms with Crippen molar-refractivity contribution in [3.05, 3.63) is 181 Å². The van der Waals surface area contributed by atoms with Gasteiger partial charge in [0, 0.05) is 32.7 Å². The summed E-state index contributed by atoms with van der Waals surface area (Å²) in [7, 11) is 0. The molecule has 0 aliphatic heterocycles. The van der Waals surface area contributed by atoms with Crippen molar-refractivity contribution in [2.24, 2.45) is 0 Å². The van der Waals surface area contributed by atoms with Gasteiger partial charge in [0.15, 0.2) is 5.69 Å². The highest BCUT2D eigenvalue weighted by Gasteiger charge is 2.21. The van der Waals surface area contributed by atoms with Gasteiger partial charge in [-0.2, -0.15) is 0 Å². The lowest BCUT2D eigenvalue weighted by Gasteiger charge is -2.19. The van der Waals surface area contributed by atoms with E-state index in [2.05, 4.69) is 152 Å². The number of nitrogens with zero attached hydrogens (tertiary/aromatic N) is 4. The Morgan fingerprint density at radius 3 is 1.62 bits per heavy atom. The van der Waals surface area contributed by atoms with Crippen molar-refractivity contribution < 1.29 is 0 Å². The van der Waals surface area contributed by atoms with Crippen LogP contribution in [0.5, 0.6) is 0 Å². The molecule has 0 bridgehead atoms. The van der Waals surface area contributed by atoms with E-state index in [-0.39, 0.29) is 0 Å². The largest absolute Gasteiger partial charge is 0.318 e. The molecule has 0 amide bonds. The molecule has 4 heteroatoms. The van der Waals surface area contributed by atoms with E-state index in [0.717, 1.165) is 77.2 Å². The summed E-state index contributed by atoms with van der Waals surface area (Å²) in [6.45, 7) is 15.9. The molecule has 0 fully saturated rings. The van der Waals surface area contributed by atoms with E-state index in [0.29, 0.717) is 11.4 Å². The van der Waals surface area contributed by atoms with E-state index in [4.69, 9.17) is 13.1 Å². The summed E-state index contributed by atoms with van der Waals surface area (Å²) in [5, 5.41) is 4.59. The van der Waals surface area contributed by atoms with Crippen LogP contribution in [0.3, 0.4) is 0 Å². The molecule has 0 unspecified atom stereocenters. The Labute approximate surface area is 277 Å². The van der Waals surface area contributed by atoms with Crippen LogP contribution in [0.25, 0.3) is 86.9 Å². The molecule has 9 rings (SSSR count). The van der Waals surface area contributed by atoms with Crippen molar-refractivity contribution in [2.45, 2.75) is 0 Å². The Morgan fingerprint density at radius 2 is 0.958 bits per heavy atom. The SMILES string of the molecule is [C-]#[N+]c1ccc2c3ccccc3n(-c3cccc(-c4ccccc4-c4cccc([N+]#[C-])c4-n4c5ccccc5c5ccccc54)c3)c2c1. The van der Waals surface area contributed by atoms with Crippen LogP contribution in [0.15, 0.2) is 158 Å². The molecule has 48 heavy (non-hydrogen) atoms. The molecule has 0 aliphatic rings. The molecule has 0 aliphatic carbocycles. The maximum Gasteiger partial charge on any atom is 0.211 e. The topological polar surface area (TPSA) is 18.6 Å². The van der Waals surface area contributed by atoms with Crippen LogP contribution >= 0.6 is 0 Å². The lowest BCUT2D eigenvalue weighted by atomic mass is 9.92. The minimum atomic E-state index is 0.600. The van der Waals surface area contributed by atoms with Gasteiger partial charge in [0.25, 0.3) is 0 Å². The Kier molecular flexibility index (Phi) is 6.22. The van der Waals surface area contributed by atoms with Gasteiger partial charge in [0.1, 0.15) is 0 Å². The van der Waals surface area contributed by atoms with Crippen molar-refractivity contribution in [3.8, 4) is 33.6 Å². The summed E-state index contributed by atoms with van der Waals surface area (Å²) in [4.78, 5) is 7.78. The monoisotopic (exact) mass is 610 g/mol. The average molecular weight is 611 g/mol. The van der Waals surface area contributed by atoms with Crippen molar-refractivity contribution in [1.29, 1.82) is 0 Å². The molecule has 0 saturated carbocycles. The lowest BCUT2D eigenvalue weighted by molar-refractivity contribution is 1.18. The van der Waals surface area contributed by atoms with Gasteiger partial charge in [-0.3, -0.25) is 0 Å². The van der Waals surface area contributed by atoms with Gasteiger partial charge in [-0.25, -0.2) is 9.69 Å². The number of hydrogen-bond donors (Lipinski definition) is 0. The summed E-state index contributed by atoms with van der Waals surface area (Å²) in [6, 6.07) is 54.3. The van der Waals surface area contributed by atoms with Gasteiger partial charge < -0.3 is 9.13 Å². The average Bonchev–Trinajstić information content (AvgIpc) is 3.67. The van der Waals surface area contributed by atoms with Crippen LogP contribution in [-0.2, 0) is 0 Å². The summed E-state index contributed by atoms with van der Waals surface area (Å²) in [6.07, 6.45) is 0. The Morgan fingerprint density at radius 1 is 0.396 bits per heavy atom. The molecule has 0 saturated heterocycles. The highest BCUT2D eigenvalue weighted by atomic mass is 15.0. The maximum absolute atomic E-state index is 8.24. The van der Waals surface area contributed by atoms with E-state index in [1.807, 2.05) is 24.3 Å². The van der Waals surface area contributed by atoms with E-state index < -0.39 is 0 Å². The first-order chi connectivity index (χ1) is 23.7. The summed E-state index contributed by atoms with van der Waals surface area (Å²) >= 11 is 0. The first kappa shape index (κ1) is 27.4. The first-order valence-electron chi connectivity index (χ1n) is 15.8. The number of benzene rings is 7. The predicted molar refractivity (Wildman–Crippen MR) is 199 cm³/mol. The molecule has 9 aromatic rings. The van der Waals surface area contributed by atoms with E-state index in [9.17, 15) is 0 Å². The fraction of sp³-hybridized carbons (Fsp3) is 0. The van der Waals surface area contributed by atoms with Crippen LogP contribution in [-0.4, -0.2) is 9.13 Å². The number of para-hydroxylation sites is 4. The summed E-state index contributed by atoms with van der Waals surface area (Å²) in [5.41, 5.74) is 11.5. The van der Waals surface area contributed by atoms with Gasteiger partial charge in [-0.1, -0.05) is 121 Å². The second-order valence-corrected chi connectivity index (χ2v) is 11.9. The number of fused-ring (bicyclic) bond motifs is 6. The zero-order valence-corrected chi connectivity index (χ0v) is 25.8. The first-order valence-corrected chi connectivity index (χ1v) is 15.8. The molecular weight excluding hydrogens is 585 g/mol. The normalized spacial score (nSPS) is 11.3. The minimum absolute atomic E-state index is 0.600.